The molecule has 1 saturated heterocycles. The summed E-state index contributed by atoms with van der Waals surface area (Å²) in [6.07, 6.45) is 0. The molecule has 4 rings (SSSR count). The average molecular weight is 393 g/mol. The van der Waals surface area contributed by atoms with Gasteiger partial charge in [-0.05, 0) is 18.2 Å². The van der Waals surface area contributed by atoms with Gasteiger partial charge in [-0.1, -0.05) is 24.3 Å². The molecule has 3 aromatic rings. The lowest BCUT2D eigenvalue weighted by Gasteiger charge is -2.36. The molecule has 2 aromatic carbocycles. The van der Waals surface area contributed by atoms with Crippen LogP contribution in [0.2, 0.25) is 0 Å². The van der Waals surface area contributed by atoms with E-state index in [1.165, 1.54) is 18.2 Å². The standard InChI is InChI=1S/C19H16FN7O2/c20-14-5-1-2-6-16(14)24-9-11-25(12-10-24)19-15(13-21)22-26(23-19)17-7-3-4-8-18(17)27(28)29/h1-8H,9-12H2. The zero-order valence-electron chi connectivity index (χ0n) is 15.3. The first-order valence-corrected chi connectivity index (χ1v) is 8.94. The van der Waals surface area contributed by atoms with E-state index in [1.54, 1.807) is 30.3 Å². The largest absolute Gasteiger partial charge is 0.366 e. The molecule has 0 atom stereocenters. The number of benzene rings is 2. The molecular formula is C19H16FN7O2. The monoisotopic (exact) mass is 393 g/mol. The molecule has 1 fully saturated rings. The van der Waals surface area contributed by atoms with Crippen molar-refractivity contribution in [1.82, 2.24) is 15.0 Å². The lowest BCUT2D eigenvalue weighted by Crippen LogP contribution is -2.47. The van der Waals surface area contributed by atoms with Crippen LogP contribution in [0.4, 0.5) is 21.6 Å². The van der Waals surface area contributed by atoms with Crippen LogP contribution in [-0.2, 0) is 0 Å². The SMILES string of the molecule is N#Cc1nn(-c2ccccc2[N+](=O)[O-])nc1N1CCN(c2ccccc2F)CC1. The summed E-state index contributed by atoms with van der Waals surface area (Å²) in [6, 6.07) is 14.7. The van der Waals surface area contributed by atoms with Crippen LogP contribution < -0.4 is 9.80 Å². The second-order valence-corrected chi connectivity index (χ2v) is 6.44. The number of nitro groups is 1. The van der Waals surface area contributed by atoms with Crippen molar-refractivity contribution in [3.8, 4) is 11.8 Å². The van der Waals surface area contributed by atoms with E-state index in [4.69, 9.17) is 0 Å². The Morgan fingerprint density at radius 2 is 1.59 bits per heavy atom. The van der Waals surface area contributed by atoms with E-state index in [0.29, 0.717) is 37.7 Å². The number of aromatic nitrogens is 3. The minimum absolute atomic E-state index is 0.0856. The van der Waals surface area contributed by atoms with Crippen molar-refractivity contribution in [2.75, 3.05) is 36.0 Å². The number of halogens is 1. The van der Waals surface area contributed by atoms with Gasteiger partial charge >= 0.3 is 0 Å². The fraction of sp³-hybridized carbons (Fsp3) is 0.211. The lowest BCUT2D eigenvalue weighted by molar-refractivity contribution is -0.384. The number of rotatable bonds is 4. The topological polar surface area (TPSA) is 104 Å². The van der Waals surface area contributed by atoms with Crippen LogP contribution >= 0.6 is 0 Å². The maximum absolute atomic E-state index is 14.0. The Labute approximate surface area is 165 Å². The van der Waals surface area contributed by atoms with Gasteiger partial charge in [0.25, 0.3) is 5.69 Å². The molecule has 9 nitrogen and oxygen atoms in total. The first-order chi connectivity index (χ1) is 14.1. The molecule has 1 aliphatic rings. The number of para-hydroxylation sites is 3. The summed E-state index contributed by atoms with van der Waals surface area (Å²) in [5.41, 5.74) is 0.659. The van der Waals surface area contributed by atoms with E-state index in [1.807, 2.05) is 15.9 Å². The molecule has 2 heterocycles. The van der Waals surface area contributed by atoms with Gasteiger partial charge in [0.05, 0.1) is 10.6 Å². The molecule has 1 aromatic heterocycles. The summed E-state index contributed by atoms with van der Waals surface area (Å²) in [5.74, 6) is 0.0832. The zero-order valence-corrected chi connectivity index (χ0v) is 15.3. The number of hydrogen-bond donors (Lipinski definition) is 0. The van der Waals surface area contributed by atoms with Crippen LogP contribution in [0.3, 0.4) is 0 Å². The molecular weight excluding hydrogens is 377 g/mol. The zero-order chi connectivity index (χ0) is 20.4. The molecule has 146 valence electrons. The van der Waals surface area contributed by atoms with E-state index in [0.717, 1.165) is 4.80 Å². The molecule has 0 N–H and O–H groups in total. The van der Waals surface area contributed by atoms with Gasteiger partial charge in [0.15, 0.2) is 11.5 Å². The van der Waals surface area contributed by atoms with E-state index in [-0.39, 0.29) is 22.9 Å². The van der Waals surface area contributed by atoms with Crippen molar-refractivity contribution in [3.05, 3.63) is 70.2 Å². The number of nitriles is 1. The lowest BCUT2D eigenvalue weighted by atomic mass is 10.2. The summed E-state index contributed by atoms with van der Waals surface area (Å²) < 4.78 is 14.0. The Balaban J connectivity index is 1.59. The Hall–Kier alpha value is -4.00. The van der Waals surface area contributed by atoms with Gasteiger partial charge in [-0.3, -0.25) is 10.1 Å². The highest BCUT2D eigenvalue weighted by Crippen LogP contribution is 2.26. The van der Waals surface area contributed by atoms with Gasteiger partial charge in [-0.2, -0.15) is 5.26 Å². The van der Waals surface area contributed by atoms with Crippen LogP contribution in [0, 0.1) is 27.3 Å². The van der Waals surface area contributed by atoms with E-state index in [9.17, 15) is 19.8 Å². The van der Waals surface area contributed by atoms with E-state index >= 15 is 0 Å². The molecule has 29 heavy (non-hydrogen) atoms. The summed E-state index contributed by atoms with van der Waals surface area (Å²) >= 11 is 0. The van der Waals surface area contributed by atoms with Gasteiger partial charge in [0.1, 0.15) is 11.9 Å². The van der Waals surface area contributed by atoms with Crippen molar-refractivity contribution in [2.24, 2.45) is 0 Å². The number of anilines is 2. The van der Waals surface area contributed by atoms with Gasteiger partial charge in [0.2, 0.25) is 5.69 Å². The van der Waals surface area contributed by atoms with Gasteiger partial charge in [-0.25, -0.2) is 4.39 Å². The molecule has 0 saturated carbocycles. The minimum Gasteiger partial charge on any atom is -0.366 e. The second kappa shape index (κ2) is 7.55. The summed E-state index contributed by atoms with van der Waals surface area (Å²) in [4.78, 5) is 15.7. The first-order valence-electron chi connectivity index (χ1n) is 8.94. The van der Waals surface area contributed by atoms with Gasteiger partial charge in [0, 0.05) is 32.2 Å². The fourth-order valence-electron chi connectivity index (χ4n) is 3.35. The average Bonchev–Trinajstić information content (AvgIpc) is 3.18. The van der Waals surface area contributed by atoms with Crippen molar-refractivity contribution >= 4 is 17.2 Å². The van der Waals surface area contributed by atoms with Crippen molar-refractivity contribution in [2.45, 2.75) is 0 Å². The Morgan fingerprint density at radius 3 is 2.24 bits per heavy atom. The third-order valence-corrected chi connectivity index (χ3v) is 4.77. The molecule has 0 aliphatic carbocycles. The van der Waals surface area contributed by atoms with Gasteiger partial charge < -0.3 is 9.80 Å². The highest BCUT2D eigenvalue weighted by Gasteiger charge is 2.26. The van der Waals surface area contributed by atoms with Crippen LogP contribution in [0.15, 0.2) is 48.5 Å². The highest BCUT2D eigenvalue weighted by atomic mass is 19.1. The van der Waals surface area contributed by atoms with Crippen molar-refractivity contribution in [3.63, 3.8) is 0 Å². The van der Waals surface area contributed by atoms with Crippen LogP contribution in [0.25, 0.3) is 5.69 Å². The summed E-state index contributed by atoms with van der Waals surface area (Å²) in [7, 11) is 0. The molecule has 0 radical (unpaired) electrons. The maximum Gasteiger partial charge on any atom is 0.296 e. The Kier molecular flexibility index (Phi) is 4.78. The normalized spacial score (nSPS) is 13.9. The minimum atomic E-state index is -0.516. The van der Waals surface area contributed by atoms with Gasteiger partial charge in [-0.15, -0.1) is 15.0 Å². The maximum atomic E-state index is 14.0. The summed E-state index contributed by atoms with van der Waals surface area (Å²) in [5, 5.41) is 29.2. The Bertz CT molecular complexity index is 1100. The molecule has 10 heteroatoms. The molecule has 0 unspecified atom stereocenters. The molecule has 0 amide bonds. The van der Waals surface area contributed by atoms with Crippen LogP contribution in [-0.4, -0.2) is 46.1 Å². The van der Waals surface area contributed by atoms with E-state index in [2.05, 4.69) is 10.2 Å². The van der Waals surface area contributed by atoms with Crippen LogP contribution in [0.5, 0.6) is 0 Å². The third-order valence-electron chi connectivity index (χ3n) is 4.77. The summed E-state index contributed by atoms with van der Waals surface area (Å²) in [6.45, 7) is 2.12. The van der Waals surface area contributed by atoms with Crippen molar-refractivity contribution in [1.29, 1.82) is 5.26 Å². The second-order valence-electron chi connectivity index (χ2n) is 6.44. The Morgan fingerprint density at radius 1 is 0.966 bits per heavy atom. The molecule has 0 spiro atoms. The number of nitrogens with zero attached hydrogens (tertiary/aromatic N) is 7. The number of piperazine rings is 1. The highest BCUT2D eigenvalue weighted by molar-refractivity contribution is 5.56. The predicted octanol–water partition coefficient (Wildman–Crippen LogP) is 2.51. The molecule has 1 aliphatic heterocycles. The first kappa shape index (κ1) is 18.4. The number of nitro benzene ring substituents is 1. The number of hydrogen-bond acceptors (Lipinski definition) is 7. The van der Waals surface area contributed by atoms with Crippen molar-refractivity contribution < 1.29 is 9.31 Å². The third kappa shape index (κ3) is 3.45. The molecule has 0 bridgehead atoms. The quantitative estimate of drug-likeness (QED) is 0.495. The van der Waals surface area contributed by atoms with E-state index < -0.39 is 4.92 Å². The predicted molar refractivity (Wildman–Crippen MR) is 104 cm³/mol. The van der Waals surface area contributed by atoms with Crippen LogP contribution in [0.1, 0.15) is 5.69 Å². The smallest absolute Gasteiger partial charge is 0.296 e. The fourth-order valence-corrected chi connectivity index (χ4v) is 3.35.